The van der Waals surface area contributed by atoms with Gasteiger partial charge in [0.05, 0.1) is 18.6 Å². The Morgan fingerprint density at radius 2 is 1.44 bits per heavy atom. The van der Waals surface area contributed by atoms with E-state index < -0.39 is 6.04 Å². The maximum absolute atomic E-state index is 13.5. The van der Waals surface area contributed by atoms with Crippen molar-refractivity contribution in [3.8, 4) is 0 Å². The minimum atomic E-state index is -0.709. The van der Waals surface area contributed by atoms with Crippen LogP contribution >= 0.6 is 8.86 Å². The van der Waals surface area contributed by atoms with Crippen LogP contribution in [-0.2, 0) is 28.8 Å². The number of Topliss-reactive ketones (excluding diaryl/α,β-unsaturated/α-hetero) is 2. The highest BCUT2D eigenvalue weighted by Crippen LogP contribution is 2.42. The Kier molecular flexibility index (Phi) is 33.5. The smallest absolute Gasteiger partial charge is 0.251 e. The summed E-state index contributed by atoms with van der Waals surface area (Å²) < 4.78 is 0. The average Bonchev–Trinajstić information content (AvgIpc) is 3.70. The van der Waals surface area contributed by atoms with E-state index in [1.807, 2.05) is 64.6 Å². The van der Waals surface area contributed by atoms with Gasteiger partial charge in [-0.3, -0.25) is 24.0 Å². The molecular weight excluding hydrogens is 820 g/mol. The van der Waals surface area contributed by atoms with Gasteiger partial charge in [0.1, 0.15) is 12.8 Å². The van der Waals surface area contributed by atoms with Crippen LogP contribution < -0.4 is 16.0 Å². The summed E-state index contributed by atoms with van der Waals surface area (Å²) in [4.78, 5) is 72.8. The molecule has 5 unspecified atom stereocenters. The zero-order chi connectivity index (χ0) is 49.6. The van der Waals surface area contributed by atoms with Gasteiger partial charge in [0.25, 0.3) is 5.91 Å². The number of ketones is 2. The van der Waals surface area contributed by atoms with E-state index in [9.17, 15) is 24.0 Å². The van der Waals surface area contributed by atoms with Crippen molar-refractivity contribution in [3.63, 3.8) is 0 Å². The van der Waals surface area contributed by atoms with Crippen molar-refractivity contribution in [1.29, 1.82) is 0 Å². The number of hydrogen-bond donors (Lipinski definition) is 3. The summed E-state index contributed by atoms with van der Waals surface area (Å²) in [6, 6.07) is 7.97. The molecule has 4 rings (SSSR count). The molecule has 0 radical (unpaired) electrons. The third kappa shape index (κ3) is 20.9. The number of likely N-dealkylation sites (tertiary alicyclic amines) is 1. The van der Waals surface area contributed by atoms with E-state index in [0.717, 1.165) is 57.1 Å². The van der Waals surface area contributed by atoms with Gasteiger partial charge in [-0.1, -0.05) is 171 Å². The van der Waals surface area contributed by atoms with Gasteiger partial charge in [0.15, 0.2) is 11.6 Å². The number of nitrogens with zero attached hydrogens (tertiary/aromatic N) is 1. The van der Waals surface area contributed by atoms with Crippen LogP contribution in [0.1, 0.15) is 198 Å². The van der Waals surface area contributed by atoms with E-state index in [1.165, 1.54) is 51.9 Å². The number of benzene rings is 1. The van der Waals surface area contributed by atoms with Gasteiger partial charge < -0.3 is 25.6 Å². The molecule has 11 heteroatoms. The highest BCUT2D eigenvalue weighted by atomic mass is 31.0. The molecule has 3 amide bonds. The van der Waals surface area contributed by atoms with Crippen molar-refractivity contribution in [3.05, 3.63) is 35.9 Å². The van der Waals surface area contributed by atoms with Crippen LogP contribution in [0.15, 0.2) is 30.3 Å². The Morgan fingerprint density at radius 1 is 0.891 bits per heavy atom. The average molecular weight is 915 g/mol. The van der Waals surface area contributed by atoms with Crippen molar-refractivity contribution < 1.29 is 28.8 Å². The minimum absolute atomic E-state index is 0.00615. The van der Waals surface area contributed by atoms with E-state index in [2.05, 4.69) is 80.2 Å². The number of rotatable bonds is 18. The first-order valence-corrected chi connectivity index (χ1v) is 25.4. The maximum Gasteiger partial charge on any atom is 0.251 e. The van der Waals surface area contributed by atoms with Crippen molar-refractivity contribution in [2.75, 3.05) is 20.1 Å². The van der Waals surface area contributed by atoms with Crippen LogP contribution in [0, 0.1) is 34.5 Å². The van der Waals surface area contributed by atoms with Gasteiger partial charge >= 0.3 is 0 Å². The Morgan fingerprint density at radius 3 is 1.88 bits per heavy atom. The number of hydrogen-bond acceptors (Lipinski definition) is 7. The molecule has 1 aliphatic heterocycles. The van der Waals surface area contributed by atoms with Gasteiger partial charge in [-0.25, -0.2) is 0 Å². The predicted molar refractivity (Wildman–Crippen MR) is 272 cm³/mol. The Labute approximate surface area is 394 Å². The summed E-state index contributed by atoms with van der Waals surface area (Å²) >= 11 is 0. The zero-order valence-corrected chi connectivity index (χ0v) is 44.3. The highest BCUT2D eigenvalue weighted by molar-refractivity contribution is 7.25. The van der Waals surface area contributed by atoms with Gasteiger partial charge in [-0.2, -0.15) is 0 Å². The monoisotopic (exact) mass is 915 g/mol. The number of likely N-dealkylation sites (N-methyl/N-ethyl adjacent to an activating group) is 1. The van der Waals surface area contributed by atoms with E-state index in [0.29, 0.717) is 23.0 Å². The van der Waals surface area contributed by atoms with Gasteiger partial charge in [-0.05, 0) is 93.1 Å². The molecule has 3 aliphatic rings. The summed E-state index contributed by atoms with van der Waals surface area (Å²) in [6.45, 7) is 31.2. The fourth-order valence-electron chi connectivity index (χ4n) is 9.01. The fraction of sp³-hybridized carbons (Fsp3) is 0.755. The van der Waals surface area contributed by atoms with E-state index in [-0.39, 0.29) is 64.7 Å². The van der Waals surface area contributed by atoms with E-state index >= 15 is 0 Å². The SMILES string of the molecule is C=O.CC.CC.CCC.CCC(C)(C)C[C@H]1CCN(C(=O)C(NC)C2(C)CCCCC2)C1C(C)=O.CCC(C)C(CC1CCC1)C(=P)C(=O)NCC(=O)NC(C(C)=O)c1ccccc1. The molecule has 2 saturated carbocycles. The number of amides is 3. The number of nitrogens with one attached hydrogen (secondary N) is 3. The van der Waals surface area contributed by atoms with Gasteiger partial charge in [0.2, 0.25) is 11.8 Å². The van der Waals surface area contributed by atoms with Crippen molar-refractivity contribution >= 4 is 50.2 Å². The lowest BCUT2D eigenvalue weighted by molar-refractivity contribution is -0.142. The summed E-state index contributed by atoms with van der Waals surface area (Å²) in [6.07, 6.45) is 15.9. The van der Waals surface area contributed by atoms with E-state index in [4.69, 9.17) is 4.79 Å². The largest absolute Gasteiger partial charge is 0.343 e. The molecular formula is C53H95N4O6P. The summed E-state index contributed by atoms with van der Waals surface area (Å²) in [5.41, 5.74) is 0.950. The Hall–Kier alpha value is -3.23. The Bertz CT molecular complexity index is 1490. The molecule has 368 valence electrons. The standard InChI is InChI=1S/C23H33N2O3P.C22H40N2O2.C3H8.2C2H6.CH2O/c1-4-15(2)19(13-17-9-8-10-17)22(29)23(28)24-14-20(27)25-21(16(3)26)18-11-6-5-7-12-18;1-7-21(3,4)15-17-11-14-24(18(17)16(2)25)20(26)19(23-6)22(5)12-9-8-10-13-22;1-3-2;3*1-2/h5-7,11-12,15,17,19,21,29H,4,8-10,13-14H2,1-3H3,(H,24,28)(H,25,27);17-19,23H,7-15H2,1-6H3;3H2,1-2H3;2*1-2H3;1H2/t;17-,18?,19?;;;;/m.1..../s1. The second kappa shape index (κ2) is 34.1. The molecule has 0 aromatic heterocycles. The Balaban J connectivity index is 0. The number of carbonyl (C=O) groups is 6. The second-order valence-electron chi connectivity index (χ2n) is 18.6. The molecule has 2 aliphatic carbocycles. The van der Waals surface area contributed by atoms with Gasteiger partial charge in [0, 0.05) is 11.8 Å². The lowest BCUT2D eigenvalue weighted by Gasteiger charge is -2.42. The first kappa shape index (κ1) is 62.9. The normalized spacial score (nSPS) is 19.3. The quantitative estimate of drug-likeness (QED) is 0.125. The van der Waals surface area contributed by atoms with Crippen molar-refractivity contribution in [1.82, 2.24) is 20.9 Å². The first-order valence-electron chi connectivity index (χ1n) is 24.9. The van der Waals surface area contributed by atoms with Gasteiger partial charge in [-0.15, -0.1) is 8.86 Å². The topological polar surface area (TPSA) is 142 Å². The first-order chi connectivity index (χ1) is 30.4. The molecule has 1 heterocycles. The number of carbonyl (C=O) groups excluding carboxylic acids is 6. The molecule has 1 aromatic carbocycles. The second-order valence-corrected chi connectivity index (χ2v) is 19.2. The molecule has 0 spiro atoms. The van der Waals surface area contributed by atoms with Crippen LogP contribution in [0.3, 0.4) is 0 Å². The van der Waals surface area contributed by atoms with Crippen LogP contribution in [0.25, 0.3) is 0 Å². The third-order valence-corrected chi connectivity index (χ3v) is 13.8. The molecule has 10 nitrogen and oxygen atoms in total. The maximum atomic E-state index is 13.5. The molecule has 1 saturated heterocycles. The molecule has 6 atom stereocenters. The predicted octanol–water partition coefficient (Wildman–Crippen LogP) is 11.2. The lowest BCUT2D eigenvalue weighted by Crippen LogP contribution is -2.56. The molecule has 3 fully saturated rings. The zero-order valence-electron chi connectivity index (χ0n) is 43.3. The molecule has 64 heavy (non-hydrogen) atoms. The highest BCUT2D eigenvalue weighted by Gasteiger charge is 2.47. The summed E-state index contributed by atoms with van der Waals surface area (Å²) in [5, 5.41) is 9.35. The van der Waals surface area contributed by atoms with Crippen molar-refractivity contribution in [2.45, 2.75) is 205 Å². The van der Waals surface area contributed by atoms with Crippen LogP contribution in [0.2, 0.25) is 0 Å². The summed E-state index contributed by atoms with van der Waals surface area (Å²) in [7, 11) is 5.47. The lowest BCUT2D eigenvalue weighted by atomic mass is 9.70. The molecule has 3 N–H and O–H groups in total. The molecule has 0 bridgehead atoms. The fourth-order valence-corrected chi connectivity index (χ4v) is 9.51. The minimum Gasteiger partial charge on any atom is -0.343 e. The van der Waals surface area contributed by atoms with Crippen molar-refractivity contribution in [2.24, 2.45) is 34.5 Å². The molecule has 1 aromatic rings. The van der Waals surface area contributed by atoms with Crippen LogP contribution in [0.5, 0.6) is 0 Å². The van der Waals surface area contributed by atoms with Crippen LogP contribution in [-0.4, -0.2) is 78.5 Å². The van der Waals surface area contributed by atoms with Crippen LogP contribution in [0.4, 0.5) is 0 Å². The third-order valence-electron chi connectivity index (χ3n) is 13.2. The van der Waals surface area contributed by atoms with E-state index in [1.54, 1.807) is 19.1 Å². The summed E-state index contributed by atoms with van der Waals surface area (Å²) in [5.74, 6) is 1.05.